The topological polar surface area (TPSA) is 22.0 Å². The van der Waals surface area contributed by atoms with E-state index in [1.54, 1.807) is 6.07 Å². The molecule has 0 fully saturated rings. The maximum absolute atomic E-state index is 12.8. The molecule has 0 aliphatic heterocycles. The van der Waals surface area contributed by atoms with E-state index in [9.17, 15) is 4.79 Å². The molecule has 1 heterocycles. The Hall–Kier alpha value is -3.39. The molecule has 0 N–H and O–H groups in total. The number of aromatic nitrogens is 1. The van der Waals surface area contributed by atoms with Gasteiger partial charge in [0.1, 0.15) is 0 Å². The second kappa shape index (κ2) is 7.46. The first-order valence-electron chi connectivity index (χ1n) is 9.13. The molecule has 0 amide bonds. The minimum absolute atomic E-state index is 0.0667. The quantitative estimate of drug-likeness (QED) is 0.473. The average molecular weight is 351 g/mol. The van der Waals surface area contributed by atoms with Gasteiger partial charge in [-0.2, -0.15) is 0 Å². The lowest BCUT2D eigenvalue weighted by Crippen LogP contribution is -2.17. The second-order valence-electron chi connectivity index (χ2n) is 6.67. The maximum atomic E-state index is 12.8. The Bertz CT molecular complexity index is 1100. The third kappa shape index (κ3) is 3.47. The Balaban J connectivity index is 2.02. The molecule has 1 aromatic heterocycles. The molecule has 132 valence electrons. The number of rotatable bonds is 4. The minimum Gasteiger partial charge on any atom is -0.336 e. The van der Waals surface area contributed by atoms with Crippen LogP contribution in [0.2, 0.25) is 0 Å². The average Bonchev–Trinajstić information content (AvgIpc) is 2.73. The van der Waals surface area contributed by atoms with Crippen molar-refractivity contribution in [2.75, 3.05) is 0 Å². The molecular formula is C25H21NO. The van der Waals surface area contributed by atoms with Gasteiger partial charge in [-0.3, -0.25) is 4.79 Å². The van der Waals surface area contributed by atoms with Crippen LogP contribution in [0.4, 0.5) is 0 Å². The van der Waals surface area contributed by atoms with Crippen molar-refractivity contribution in [3.63, 3.8) is 0 Å². The van der Waals surface area contributed by atoms with Gasteiger partial charge in [0.25, 0.3) is 0 Å². The molecule has 0 saturated carbocycles. The summed E-state index contributed by atoms with van der Waals surface area (Å²) in [5.41, 5.74) is 6.06. The summed E-state index contributed by atoms with van der Waals surface area (Å²) in [4.78, 5) is 12.8. The van der Waals surface area contributed by atoms with Crippen molar-refractivity contribution in [3.8, 4) is 22.5 Å². The molecule has 0 aliphatic rings. The fraction of sp³-hybridized carbons (Fsp3) is 0.0800. The number of hydrogen-bond acceptors (Lipinski definition) is 1. The van der Waals surface area contributed by atoms with Crippen LogP contribution in [0.15, 0.2) is 102 Å². The van der Waals surface area contributed by atoms with Gasteiger partial charge in [-0.05, 0) is 23.6 Å². The zero-order valence-corrected chi connectivity index (χ0v) is 15.3. The molecule has 0 unspecified atom stereocenters. The van der Waals surface area contributed by atoms with Gasteiger partial charge in [0.05, 0.1) is 11.4 Å². The Labute approximate surface area is 159 Å². The zero-order valence-electron chi connectivity index (χ0n) is 15.3. The number of hydrogen-bond donors (Lipinski definition) is 0. The second-order valence-corrected chi connectivity index (χ2v) is 6.67. The zero-order chi connectivity index (χ0) is 18.6. The highest BCUT2D eigenvalue weighted by Crippen LogP contribution is 2.28. The Kier molecular flexibility index (Phi) is 4.71. The first-order chi connectivity index (χ1) is 13.2. The molecule has 4 aromatic rings. The predicted molar refractivity (Wildman–Crippen MR) is 112 cm³/mol. The first-order valence-corrected chi connectivity index (χ1v) is 9.13. The van der Waals surface area contributed by atoms with Crippen LogP contribution < -0.4 is 5.43 Å². The van der Waals surface area contributed by atoms with Crippen LogP contribution in [0.3, 0.4) is 0 Å². The van der Waals surface area contributed by atoms with Gasteiger partial charge in [-0.15, -0.1) is 0 Å². The van der Waals surface area contributed by atoms with E-state index in [2.05, 4.69) is 53.1 Å². The van der Waals surface area contributed by atoms with E-state index in [1.165, 1.54) is 5.56 Å². The number of benzene rings is 3. The number of nitrogens with zero attached hydrogens (tertiary/aromatic N) is 1. The van der Waals surface area contributed by atoms with Gasteiger partial charge in [0, 0.05) is 18.2 Å². The molecule has 2 heteroatoms. The summed E-state index contributed by atoms with van der Waals surface area (Å²) in [5.74, 6) is 0. The van der Waals surface area contributed by atoms with E-state index >= 15 is 0 Å². The smallest absolute Gasteiger partial charge is 0.185 e. The largest absolute Gasteiger partial charge is 0.336 e. The van der Waals surface area contributed by atoms with Crippen molar-refractivity contribution < 1.29 is 0 Å². The van der Waals surface area contributed by atoms with Crippen LogP contribution in [0.1, 0.15) is 11.1 Å². The van der Waals surface area contributed by atoms with Crippen LogP contribution in [-0.4, -0.2) is 4.57 Å². The summed E-state index contributed by atoms with van der Waals surface area (Å²) in [6.45, 7) is 2.62. The lowest BCUT2D eigenvalue weighted by Gasteiger charge is -2.21. The molecule has 2 nitrogen and oxygen atoms in total. The van der Waals surface area contributed by atoms with Gasteiger partial charge >= 0.3 is 0 Å². The summed E-state index contributed by atoms with van der Waals surface area (Å²) in [6, 6.07) is 32.4. The molecule has 27 heavy (non-hydrogen) atoms. The first kappa shape index (κ1) is 17.0. The van der Waals surface area contributed by atoms with E-state index in [4.69, 9.17) is 0 Å². The summed E-state index contributed by atoms with van der Waals surface area (Å²) in [6.07, 6.45) is 0. The normalized spacial score (nSPS) is 10.7. The highest BCUT2D eigenvalue weighted by molar-refractivity contribution is 5.70. The van der Waals surface area contributed by atoms with E-state index in [1.807, 2.05) is 49.4 Å². The molecule has 0 spiro atoms. The third-order valence-electron chi connectivity index (χ3n) is 4.85. The van der Waals surface area contributed by atoms with Crippen molar-refractivity contribution in [2.24, 2.45) is 0 Å². The molecule has 4 rings (SSSR count). The molecule has 0 aliphatic carbocycles. The Morgan fingerprint density at radius 2 is 1.22 bits per heavy atom. The van der Waals surface area contributed by atoms with Crippen LogP contribution >= 0.6 is 0 Å². The molecular weight excluding hydrogens is 330 g/mol. The summed E-state index contributed by atoms with van der Waals surface area (Å²) in [7, 11) is 0. The van der Waals surface area contributed by atoms with Crippen LogP contribution in [-0.2, 0) is 6.54 Å². The van der Waals surface area contributed by atoms with Crippen LogP contribution in [0.5, 0.6) is 0 Å². The van der Waals surface area contributed by atoms with Gasteiger partial charge in [-0.1, -0.05) is 91.0 Å². The van der Waals surface area contributed by atoms with Gasteiger partial charge in [-0.25, -0.2) is 0 Å². The lowest BCUT2D eigenvalue weighted by molar-refractivity contribution is 0.801. The molecule has 0 atom stereocenters. The van der Waals surface area contributed by atoms with Crippen molar-refractivity contribution in [1.29, 1.82) is 0 Å². The Morgan fingerprint density at radius 1 is 0.704 bits per heavy atom. The van der Waals surface area contributed by atoms with E-state index in [-0.39, 0.29) is 5.43 Å². The number of pyridine rings is 1. The third-order valence-corrected chi connectivity index (χ3v) is 4.85. The van der Waals surface area contributed by atoms with Gasteiger partial charge in [0.2, 0.25) is 0 Å². The van der Waals surface area contributed by atoms with Gasteiger partial charge in [0.15, 0.2) is 5.43 Å². The van der Waals surface area contributed by atoms with Crippen LogP contribution in [0.25, 0.3) is 22.5 Å². The Morgan fingerprint density at radius 3 is 1.81 bits per heavy atom. The fourth-order valence-electron chi connectivity index (χ4n) is 3.50. The SMILES string of the molecule is Cc1c(-c2ccccc2)n(Cc2ccccc2)c(-c2ccccc2)cc1=O. The molecule has 0 bridgehead atoms. The van der Waals surface area contributed by atoms with E-state index < -0.39 is 0 Å². The summed E-state index contributed by atoms with van der Waals surface area (Å²) < 4.78 is 2.26. The summed E-state index contributed by atoms with van der Waals surface area (Å²) >= 11 is 0. The van der Waals surface area contributed by atoms with Crippen molar-refractivity contribution in [2.45, 2.75) is 13.5 Å². The van der Waals surface area contributed by atoms with Crippen LogP contribution in [0, 0.1) is 6.92 Å². The molecule has 0 radical (unpaired) electrons. The van der Waals surface area contributed by atoms with Crippen molar-refractivity contribution in [1.82, 2.24) is 4.57 Å². The van der Waals surface area contributed by atoms with Gasteiger partial charge < -0.3 is 4.57 Å². The molecule has 0 saturated heterocycles. The standard InChI is InChI=1S/C25H21NO/c1-19-24(27)17-23(21-13-7-3-8-14-21)26(18-20-11-5-2-6-12-20)25(19)22-15-9-4-10-16-22/h2-17H,18H2,1H3. The monoisotopic (exact) mass is 351 g/mol. The summed E-state index contributed by atoms with van der Waals surface area (Å²) in [5, 5.41) is 0. The van der Waals surface area contributed by atoms with E-state index in [0.717, 1.165) is 28.1 Å². The minimum atomic E-state index is 0.0667. The van der Waals surface area contributed by atoms with Crippen molar-refractivity contribution in [3.05, 3.63) is 118 Å². The highest BCUT2D eigenvalue weighted by atomic mass is 16.1. The molecule has 3 aromatic carbocycles. The fourth-order valence-corrected chi connectivity index (χ4v) is 3.50. The lowest BCUT2D eigenvalue weighted by atomic mass is 10.0. The highest BCUT2D eigenvalue weighted by Gasteiger charge is 2.16. The predicted octanol–water partition coefficient (Wildman–Crippen LogP) is 5.54. The van der Waals surface area contributed by atoms with Crippen molar-refractivity contribution >= 4 is 0 Å². The van der Waals surface area contributed by atoms with E-state index in [0.29, 0.717) is 6.54 Å². The maximum Gasteiger partial charge on any atom is 0.185 e.